The standard InChI is InChI=1S/C16H21NO2.ClH/c1-12-6-7-16(18-3)14(9-12)10-13(2)17-11-15-5-4-8-19-15;/h4-9,13,17H,10-11H2,1-3H3;1H. The molecule has 4 heteroatoms. The molecule has 0 aliphatic heterocycles. The number of ether oxygens (including phenoxy) is 1. The van der Waals surface area contributed by atoms with Crippen molar-refractivity contribution in [3.05, 3.63) is 53.5 Å². The highest BCUT2D eigenvalue weighted by Crippen LogP contribution is 2.21. The van der Waals surface area contributed by atoms with Crippen LogP contribution in [-0.4, -0.2) is 13.2 Å². The van der Waals surface area contributed by atoms with Crippen LogP contribution in [0, 0.1) is 6.92 Å². The molecule has 0 saturated heterocycles. The van der Waals surface area contributed by atoms with E-state index >= 15 is 0 Å². The third kappa shape index (κ3) is 4.58. The van der Waals surface area contributed by atoms with Crippen LogP contribution in [0.1, 0.15) is 23.8 Å². The summed E-state index contributed by atoms with van der Waals surface area (Å²) < 4.78 is 10.7. The molecule has 110 valence electrons. The number of hydrogen-bond acceptors (Lipinski definition) is 3. The van der Waals surface area contributed by atoms with E-state index in [-0.39, 0.29) is 12.4 Å². The first kappa shape index (κ1) is 16.6. The van der Waals surface area contributed by atoms with Crippen molar-refractivity contribution in [2.24, 2.45) is 0 Å². The van der Waals surface area contributed by atoms with Gasteiger partial charge in [0.1, 0.15) is 11.5 Å². The molecule has 1 aromatic carbocycles. The van der Waals surface area contributed by atoms with Gasteiger partial charge in [0.25, 0.3) is 0 Å². The first-order chi connectivity index (χ1) is 9.19. The van der Waals surface area contributed by atoms with E-state index in [1.54, 1.807) is 13.4 Å². The lowest BCUT2D eigenvalue weighted by atomic mass is 10.0. The summed E-state index contributed by atoms with van der Waals surface area (Å²) in [7, 11) is 1.72. The number of aryl methyl sites for hydroxylation is 1. The molecule has 2 aromatic rings. The second-order valence-electron chi connectivity index (χ2n) is 4.88. The maximum absolute atomic E-state index is 5.41. The van der Waals surface area contributed by atoms with Gasteiger partial charge < -0.3 is 14.5 Å². The Morgan fingerprint density at radius 1 is 1.30 bits per heavy atom. The number of rotatable bonds is 6. The van der Waals surface area contributed by atoms with E-state index < -0.39 is 0 Å². The van der Waals surface area contributed by atoms with E-state index in [1.165, 1.54) is 11.1 Å². The first-order valence-electron chi connectivity index (χ1n) is 6.58. The predicted molar refractivity (Wildman–Crippen MR) is 83.7 cm³/mol. The van der Waals surface area contributed by atoms with Gasteiger partial charge in [0, 0.05) is 6.04 Å². The Labute approximate surface area is 126 Å². The molecule has 1 aromatic heterocycles. The molecule has 1 N–H and O–H groups in total. The molecular weight excluding hydrogens is 274 g/mol. The molecule has 0 aliphatic rings. The quantitative estimate of drug-likeness (QED) is 0.881. The molecule has 0 fully saturated rings. The van der Waals surface area contributed by atoms with Crippen molar-refractivity contribution in [3.8, 4) is 5.75 Å². The Morgan fingerprint density at radius 3 is 2.75 bits per heavy atom. The van der Waals surface area contributed by atoms with Crippen LogP contribution in [0.2, 0.25) is 0 Å². The van der Waals surface area contributed by atoms with Crippen molar-refractivity contribution in [1.82, 2.24) is 5.32 Å². The summed E-state index contributed by atoms with van der Waals surface area (Å²) in [5.74, 6) is 1.92. The van der Waals surface area contributed by atoms with Crippen molar-refractivity contribution in [2.75, 3.05) is 7.11 Å². The van der Waals surface area contributed by atoms with Crippen molar-refractivity contribution in [2.45, 2.75) is 32.9 Å². The van der Waals surface area contributed by atoms with Crippen LogP contribution in [0.25, 0.3) is 0 Å². The summed E-state index contributed by atoms with van der Waals surface area (Å²) in [6, 6.07) is 10.5. The number of furan rings is 1. The fourth-order valence-electron chi connectivity index (χ4n) is 2.16. The molecule has 0 saturated carbocycles. The van der Waals surface area contributed by atoms with Crippen LogP contribution in [0.3, 0.4) is 0 Å². The highest BCUT2D eigenvalue weighted by Gasteiger charge is 2.09. The average Bonchev–Trinajstić information content (AvgIpc) is 2.90. The molecule has 20 heavy (non-hydrogen) atoms. The second-order valence-corrected chi connectivity index (χ2v) is 4.88. The molecule has 1 heterocycles. The summed E-state index contributed by atoms with van der Waals surface area (Å²) in [5.41, 5.74) is 2.50. The minimum absolute atomic E-state index is 0. The minimum Gasteiger partial charge on any atom is -0.496 e. The van der Waals surface area contributed by atoms with Crippen LogP contribution in [0.15, 0.2) is 41.0 Å². The Hall–Kier alpha value is -1.45. The fourth-order valence-corrected chi connectivity index (χ4v) is 2.16. The van der Waals surface area contributed by atoms with Crippen LogP contribution < -0.4 is 10.1 Å². The van der Waals surface area contributed by atoms with Gasteiger partial charge in [-0.1, -0.05) is 17.7 Å². The lowest BCUT2D eigenvalue weighted by molar-refractivity contribution is 0.403. The molecule has 2 rings (SSSR count). The SMILES string of the molecule is COc1ccc(C)cc1CC(C)NCc1ccco1.Cl. The summed E-state index contributed by atoms with van der Waals surface area (Å²) in [4.78, 5) is 0. The number of methoxy groups -OCH3 is 1. The number of halogens is 1. The zero-order chi connectivity index (χ0) is 13.7. The molecule has 1 unspecified atom stereocenters. The van der Waals surface area contributed by atoms with Gasteiger partial charge in [-0.3, -0.25) is 0 Å². The smallest absolute Gasteiger partial charge is 0.122 e. The van der Waals surface area contributed by atoms with Crippen molar-refractivity contribution in [1.29, 1.82) is 0 Å². The van der Waals surface area contributed by atoms with E-state index in [4.69, 9.17) is 9.15 Å². The van der Waals surface area contributed by atoms with Gasteiger partial charge in [0.2, 0.25) is 0 Å². The Bertz CT molecular complexity index is 511. The van der Waals surface area contributed by atoms with Gasteiger partial charge in [-0.15, -0.1) is 12.4 Å². The highest BCUT2D eigenvalue weighted by molar-refractivity contribution is 5.85. The topological polar surface area (TPSA) is 34.4 Å². The Morgan fingerprint density at radius 2 is 2.10 bits per heavy atom. The Balaban J connectivity index is 0.00000200. The average molecular weight is 296 g/mol. The molecule has 3 nitrogen and oxygen atoms in total. The maximum Gasteiger partial charge on any atom is 0.122 e. The van der Waals surface area contributed by atoms with Gasteiger partial charge in [-0.25, -0.2) is 0 Å². The van der Waals surface area contributed by atoms with Gasteiger partial charge in [0.05, 0.1) is 19.9 Å². The predicted octanol–water partition coefficient (Wildman–Crippen LogP) is 3.74. The molecular formula is C16H22ClNO2. The van der Waals surface area contributed by atoms with Crippen LogP contribution in [-0.2, 0) is 13.0 Å². The second kappa shape index (κ2) is 7.98. The Kier molecular flexibility index (Phi) is 6.62. The molecule has 0 radical (unpaired) electrons. The van der Waals surface area contributed by atoms with E-state index in [0.717, 1.165) is 24.5 Å². The van der Waals surface area contributed by atoms with E-state index in [9.17, 15) is 0 Å². The summed E-state index contributed by atoms with van der Waals surface area (Å²) in [6.45, 7) is 5.02. The van der Waals surface area contributed by atoms with Gasteiger partial charge in [0.15, 0.2) is 0 Å². The van der Waals surface area contributed by atoms with E-state index in [1.807, 2.05) is 18.2 Å². The van der Waals surface area contributed by atoms with Crippen molar-refractivity contribution < 1.29 is 9.15 Å². The molecule has 0 bridgehead atoms. The summed E-state index contributed by atoms with van der Waals surface area (Å²) in [5, 5.41) is 3.45. The number of nitrogens with one attached hydrogen (secondary N) is 1. The van der Waals surface area contributed by atoms with E-state index in [2.05, 4.69) is 31.3 Å². The van der Waals surface area contributed by atoms with Crippen LogP contribution in [0.4, 0.5) is 0 Å². The zero-order valence-electron chi connectivity index (χ0n) is 12.2. The minimum atomic E-state index is 0. The third-order valence-electron chi connectivity index (χ3n) is 3.17. The van der Waals surface area contributed by atoms with Crippen LogP contribution >= 0.6 is 12.4 Å². The maximum atomic E-state index is 5.41. The van der Waals surface area contributed by atoms with Gasteiger partial charge in [-0.05, 0) is 44.0 Å². The number of benzene rings is 1. The fraction of sp³-hybridized carbons (Fsp3) is 0.375. The number of hydrogen-bond donors (Lipinski definition) is 1. The van der Waals surface area contributed by atoms with Crippen molar-refractivity contribution >= 4 is 12.4 Å². The molecule has 0 spiro atoms. The molecule has 0 aliphatic carbocycles. The molecule has 0 amide bonds. The lowest BCUT2D eigenvalue weighted by Gasteiger charge is -2.15. The monoisotopic (exact) mass is 295 g/mol. The zero-order valence-corrected chi connectivity index (χ0v) is 13.0. The third-order valence-corrected chi connectivity index (χ3v) is 3.17. The summed E-state index contributed by atoms with van der Waals surface area (Å²) in [6.07, 6.45) is 2.64. The van der Waals surface area contributed by atoms with Gasteiger partial charge >= 0.3 is 0 Å². The largest absolute Gasteiger partial charge is 0.496 e. The normalized spacial score (nSPS) is 11.8. The van der Waals surface area contributed by atoms with E-state index in [0.29, 0.717) is 6.04 Å². The molecule has 1 atom stereocenters. The van der Waals surface area contributed by atoms with Gasteiger partial charge in [-0.2, -0.15) is 0 Å². The first-order valence-corrected chi connectivity index (χ1v) is 6.58. The van der Waals surface area contributed by atoms with Crippen LogP contribution in [0.5, 0.6) is 5.75 Å². The highest BCUT2D eigenvalue weighted by atomic mass is 35.5. The summed E-state index contributed by atoms with van der Waals surface area (Å²) >= 11 is 0. The lowest BCUT2D eigenvalue weighted by Crippen LogP contribution is -2.27. The van der Waals surface area contributed by atoms with Crippen molar-refractivity contribution in [3.63, 3.8) is 0 Å².